The van der Waals surface area contributed by atoms with Gasteiger partial charge in [0.2, 0.25) is 0 Å². The lowest BCUT2D eigenvalue weighted by Gasteiger charge is -2.08. The molecule has 0 atom stereocenters. The van der Waals surface area contributed by atoms with Gasteiger partial charge in [-0.25, -0.2) is 5.84 Å². The molecule has 1 aromatic heterocycles. The maximum atomic E-state index is 5.91. The normalized spacial score (nSPS) is 12.0. The monoisotopic (exact) mass is 205 g/mol. The molecule has 0 spiro atoms. The van der Waals surface area contributed by atoms with Crippen LogP contribution in [0.2, 0.25) is 0 Å². The first-order valence-corrected chi connectivity index (χ1v) is 4.56. The molecule has 0 aliphatic carbocycles. The summed E-state index contributed by atoms with van der Waals surface area (Å²) in [5, 5.41) is 9.34. The number of hydrogen-bond acceptors (Lipinski definition) is 4. The highest BCUT2D eigenvalue weighted by Gasteiger charge is 2.04. The number of rotatable bonds is 2. The summed E-state index contributed by atoms with van der Waals surface area (Å²) in [5.41, 5.74) is 8.35. The quantitative estimate of drug-likeness (QED) is 0.502. The van der Waals surface area contributed by atoms with Gasteiger partial charge in [-0.1, -0.05) is 18.2 Å². The van der Waals surface area contributed by atoms with Crippen molar-refractivity contribution in [1.29, 1.82) is 0 Å². The Hall–Kier alpha value is -2.01. The molecule has 80 valence electrons. The highest BCUT2D eigenvalue weighted by molar-refractivity contribution is 5.89. The van der Waals surface area contributed by atoms with Crippen LogP contribution in [0.15, 0.2) is 30.6 Å². The van der Waals surface area contributed by atoms with E-state index in [0.29, 0.717) is 5.70 Å². The number of aromatic nitrogens is 2. The van der Waals surface area contributed by atoms with Crippen molar-refractivity contribution >= 4 is 16.6 Å². The van der Waals surface area contributed by atoms with E-state index in [1.54, 1.807) is 19.4 Å². The fourth-order valence-corrected chi connectivity index (χ4v) is 1.50. The molecule has 0 bridgehead atoms. The molecule has 0 amide bonds. The fraction of sp³-hybridized carbons (Fsp3) is 0.100. The summed E-state index contributed by atoms with van der Waals surface area (Å²) in [4.78, 5) is 0. The van der Waals surface area contributed by atoms with Crippen molar-refractivity contribution < 1.29 is 1.43 Å². The minimum atomic E-state index is 0. The van der Waals surface area contributed by atoms with Gasteiger partial charge in [0.05, 0.1) is 17.4 Å². The summed E-state index contributed by atoms with van der Waals surface area (Å²) < 4.78 is 0. The molecule has 5 heteroatoms. The van der Waals surface area contributed by atoms with Crippen LogP contribution in [0.25, 0.3) is 16.6 Å². The van der Waals surface area contributed by atoms with E-state index in [4.69, 9.17) is 11.6 Å². The second kappa shape index (κ2) is 3.62. The summed E-state index contributed by atoms with van der Waals surface area (Å²) in [5.74, 6) is 5.50. The maximum Gasteiger partial charge on any atom is 0.0743 e. The second-order valence-electron chi connectivity index (χ2n) is 3.39. The Labute approximate surface area is 88.8 Å². The third-order valence-corrected chi connectivity index (χ3v) is 2.13. The maximum absolute atomic E-state index is 5.91. The summed E-state index contributed by atoms with van der Waals surface area (Å²) in [6.45, 7) is 0. The van der Waals surface area contributed by atoms with E-state index in [9.17, 15) is 0 Å². The molecule has 2 rings (SSSR count). The van der Waals surface area contributed by atoms with Crippen LogP contribution in [0.4, 0.5) is 0 Å². The van der Waals surface area contributed by atoms with E-state index in [-0.39, 0.29) is 1.43 Å². The number of hydrogen-bond donors (Lipinski definition) is 3. The van der Waals surface area contributed by atoms with Gasteiger partial charge in [-0.3, -0.25) is 5.10 Å². The first kappa shape index (κ1) is 9.54. The minimum Gasteiger partial charge on any atom is -0.397 e. The summed E-state index contributed by atoms with van der Waals surface area (Å²) in [6.07, 6.45) is 3.42. The molecule has 0 aliphatic rings. The van der Waals surface area contributed by atoms with Crippen LogP contribution in [-0.4, -0.2) is 22.3 Å². The van der Waals surface area contributed by atoms with Gasteiger partial charge >= 0.3 is 0 Å². The van der Waals surface area contributed by atoms with Gasteiger partial charge < -0.3 is 10.7 Å². The minimum absolute atomic E-state index is 0. The topological polar surface area (TPSA) is 84.0 Å². The predicted molar refractivity (Wildman–Crippen MR) is 62.3 cm³/mol. The number of benzene rings is 1. The van der Waals surface area contributed by atoms with Gasteiger partial charge in [-0.15, -0.1) is 0 Å². The van der Waals surface area contributed by atoms with Gasteiger partial charge in [-0.05, 0) is 0 Å². The largest absolute Gasteiger partial charge is 0.397 e. The van der Waals surface area contributed by atoms with Crippen LogP contribution in [0.3, 0.4) is 0 Å². The molecular formula is C10H15N5. The molecule has 0 saturated carbocycles. The van der Waals surface area contributed by atoms with Crippen molar-refractivity contribution in [1.82, 2.24) is 15.2 Å². The second-order valence-corrected chi connectivity index (χ2v) is 3.39. The van der Waals surface area contributed by atoms with Crippen molar-refractivity contribution in [2.75, 3.05) is 7.05 Å². The van der Waals surface area contributed by atoms with Crippen LogP contribution in [-0.2, 0) is 0 Å². The third-order valence-electron chi connectivity index (χ3n) is 2.13. The Bertz CT molecular complexity index is 503. The Balaban J connectivity index is 0.00000128. The van der Waals surface area contributed by atoms with E-state index < -0.39 is 0 Å². The summed E-state index contributed by atoms with van der Waals surface area (Å²) in [7, 11) is 1.72. The number of H-pyrrole nitrogens is 1. The molecule has 0 unspecified atom stereocenters. The lowest BCUT2D eigenvalue weighted by atomic mass is 10.1. The zero-order chi connectivity index (χ0) is 10.8. The van der Waals surface area contributed by atoms with Crippen LogP contribution < -0.4 is 11.6 Å². The number of nitrogens with one attached hydrogen (secondary N) is 1. The van der Waals surface area contributed by atoms with Gasteiger partial charge in [0.25, 0.3) is 0 Å². The van der Waals surface area contributed by atoms with Crippen molar-refractivity contribution in [3.8, 4) is 0 Å². The average molecular weight is 205 g/mol. The van der Waals surface area contributed by atoms with Gasteiger partial charge in [0, 0.05) is 25.6 Å². The molecule has 0 saturated heterocycles. The number of nitrogens with zero attached hydrogens (tertiary/aromatic N) is 2. The van der Waals surface area contributed by atoms with Crippen LogP contribution in [0.1, 0.15) is 6.99 Å². The van der Waals surface area contributed by atoms with Gasteiger partial charge in [0.1, 0.15) is 0 Å². The number of para-hydroxylation sites is 1. The fourth-order valence-electron chi connectivity index (χ4n) is 1.50. The first-order valence-electron chi connectivity index (χ1n) is 4.56. The first-order chi connectivity index (χ1) is 7.18. The Morgan fingerprint density at radius 2 is 2.40 bits per heavy atom. The van der Waals surface area contributed by atoms with Gasteiger partial charge in [-0.2, -0.15) is 5.10 Å². The molecule has 0 fully saturated rings. The molecule has 1 aromatic carbocycles. The molecule has 1 heterocycles. The lowest BCUT2D eigenvalue weighted by Crippen LogP contribution is -2.20. The molecule has 5 nitrogen and oxygen atoms in total. The zero-order valence-electron chi connectivity index (χ0n) is 8.44. The number of nitrogens with two attached hydrogens (primary N) is 2. The van der Waals surface area contributed by atoms with E-state index in [2.05, 4.69) is 10.2 Å². The zero-order valence-corrected chi connectivity index (χ0v) is 8.44. The van der Waals surface area contributed by atoms with Crippen molar-refractivity contribution in [2.24, 2.45) is 11.6 Å². The molecule has 0 radical (unpaired) electrons. The molecular weight excluding hydrogens is 190 g/mol. The SMILES string of the molecule is CN(N)/C=C(\N)c1cccc2cn[nH]c12.[HH]. The highest BCUT2D eigenvalue weighted by atomic mass is 15.4. The highest BCUT2D eigenvalue weighted by Crippen LogP contribution is 2.19. The van der Waals surface area contributed by atoms with E-state index in [1.807, 2.05) is 18.2 Å². The Morgan fingerprint density at radius 3 is 3.13 bits per heavy atom. The van der Waals surface area contributed by atoms with E-state index in [0.717, 1.165) is 16.5 Å². The third kappa shape index (κ3) is 1.77. The van der Waals surface area contributed by atoms with Gasteiger partial charge in [0.15, 0.2) is 0 Å². The van der Waals surface area contributed by atoms with E-state index >= 15 is 0 Å². The van der Waals surface area contributed by atoms with Crippen LogP contribution >= 0.6 is 0 Å². The van der Waals surface area contributed by atoms with E-state index in [1.165, 1.54) is 5.01 Å². The van der Waals surface area contributed by atoms with Crippen molar-refractivity contribution in [3.63, 3.8) is 0 Å². The molecule has 15 heavy (non-hydrogen) atoms. The number of aromatic amines is 1. The Kier molecular flexibility index (Phi) is 2.31. The van der Waals surface area contributed by atoms with Crippen molar-refractivity contribution in [3.05, 3.63) is 36.2 Å². The predicted octanol–water partition coefficient (Wildman–Crippen LogP) is 0.871. The standard InChI is InChI=1S/C10H13N5.H2/c1-15(12)6-9(11)8-4-2-3-7-5-13-14-10(7)8;/h2-6H,11-12H2,1H3,(H,13,14);1H/b9-6-;. The van der Waals surface area contributed by atoms with Crippen LogP contribution in [0.5, 0.6) is 0 Å². The number of hydrazine groups is 1. The molecule has 5 N–H and O–H groups in total. The van der Waals surface area contributed by atoms with Crippen LogP contribution in [0, 0.1) is 0 Å². The summed E-state index contributed by atoms with van der Waals surface area (Å²) in [6, 6.07) is 5.84. The summed E-state index contributed by atoms with van der Waals surface area (Å²) >= 11 is 0. The smallest absolute Gasteiger partial charge is 0.0743 e. The average Bonchev–Trinajstić information content (AvgIpc) is 2.63. The molecule has 2 aromatic rings. The number of fused-ring (bicyclic) bond motifs is 1. The molecule has 0 aliphatic heterocycles. The Morgan fingerprint density at radius 1 is 1.60 bits per heavy atom. The van der Waals surface area contributed by atoms with Crippen molar-refractivity contribution in [2.45, 2.75) is 0 Å². The lowest BCUT2D eigenvalue weighted by molar-refractivity contribution is 0.486.